The average molecular weight is 176 g/mol. The Morgan fingerprint density at radius 1 is 1.25 bits per heavy atom. The van der Waals surface area contributed by atoms with Crippen LogP contribution in [0.15, 0.2) is 0 Å². The van der Waals surface area contributed by atoms with E-state index >= 15 is 0 Å². The Kier molecular flexibility index (Phi) is 1.67. The smallest absolute Gasteiger partial charge is 0.261 e. The second-order valence-electron chi connectivity index (χ2n) is 4.18. The van der Waals surface area contributed by atoms with Crippen LogP contribution in [0.25, 0.3) is 0 Å². The van der Waals surface area contributed by atoms with Gasteiger partial charge in [0.2, 0.25) is 0 Å². The van der Waals surface area contributed by atoms with Gasteiger partial charge in [-0.15, -0.1) is 0 Å². The molecule has 2 N–H and O–H groups in total. The minimum atomic E-state index is -2.47. The third-order valence-corrected chi connectivity index (χ3v) is 2.68. The van der Waals surface area contributed by atoms with Crippen LogP contribution in [-0.4, -0.2) is 36.0 Å². The molecule has 12 heavy (non-hydrogen) atoms. The van der Waals surface area contributed by atoms with Gasteiger partial charge in [-0.25, -0.2) is 8.78 Å². The molecule has 4 heteroatoms. The molecule has 1 heterocycles. The molecule has 1 saturated heterocycles. The van der Waals surface area contributed by atoms with E-state index in [0.717, 1.165) is 12.8 Å². The first-order valence-corrected chi connectivity index (χ1v) is 4.38. The van der Waals surface area contributed by atoms with Gasteiger partial charge in [-0.3, -0.25) is 4.90 Å². The molecule has 2 rings (SSSR count). The quantitative estimate of drug-likeness (QED) is 0.675. The van der Waals surface area contributed by atoms with Gasteiger partial charge in [0, 0.05) is 25.0 Å². The third kappa shape index (κ3) is 1.75. The first kappa shape index (κ1) is 8.38. The molecule has 0 amide bonds. The van der Waals surface area contributed by atoms with Crippen LogP contribution in [0.3, 0.4) is 0 Å². The zero-order valence-corrected chi connectivity index (χ0v) is 7.02. The van der Waals surface area contributed by atoms with E-state index in [-0.39, 0.29) is 18.5 Å². The van der Waals surface area contributed by atoms with Crippen molar-refractivity contribution < 1.29 is 8.78 Å². The van der Waals surface area contributed by atoms with E-state index in [1.54, 1.807) is 4.90 Å². The van der Waals surface area contributed by atoms with Gasteiger partial charge in [0.25, 0.3) is 5.92 Å². The Hall–Kier alpha value is -0.220. The predicted molar refractivity (Wildman–Crippen MR) is 42.2 cm³/mol. The van der Waals surface area contributed by atoms with Gasteiger partial charge in [-0.1, -0.05) is 0 Å². The summed E-state index contributed by atoms with van der Waals surface area (Å²) in [5.41, 5.74) is 5.70. The van der Waals surface area contributed by atoms with Gasteiger partial charge in [-0.2, -0.15) is 0 Å². The molecule has 2 nitrogen and oxygen atoms in total. The van der Waals surface area contributed by atoms with Gasteiger partial charge in [0.05, 0.1) is 6.54 Å². The zero-order chi connectivity index (χ0) is 8.82. The van der Waals surface area contributed by atoms with E-state index in [1.807, 2.05) is 0 Å². The lowest BCUT2D eigenvalue weighted by Gasteiger charge is -2.19. The molecule has 1 aliphatic carbocycles. The zero-order valence-electron chi connectivity index (χ0n) is 7.02. The Labute approximate surface area is 70.7 Å². The summed E-state index contributed by atoms with van der Waals surface area (Å²) in [4.78, 5) is 1.78. The summed E-state index contributed by atoms with van der Waals surface area (Å²) in [7, 11) is 0. The molecule has 0 aromatic heterocycles. The van der Waals surface area contributed by atoms with Crippen LogP contribution in [0.1, 0.15) is 19.3 Å². The number of halogens is 2. The van der Waals surface area contributed by atoms with Crippen LogP contribution in [-0.2, 0) is 0 Å². The lowest BCUT2D eigenvalue weighted by molar-refractivity contribution is 0.0116. The molecule has 0 bridgehead atoms. The molecular weight excluding hydrogens is 162 g/mol. The van der Waals surface area contributed by atoms with E-state index in [2.05, 4.69) is 0 Å². The van der Waals surface area contributed by atoms with Gasteiger partial charge in [0.15, 0.2) is 0 Å². The topological polar surface area (TPSA) is 29.3 Å². The van der Waals surface area contributed by atoms with Gasteiger partial charge in [0.1, 0.15) is 0 Å². The largest absolute Gasteiger partial charge is 0.324 e. The highest BCUT2D eigenvalue weighted by Gasteiger charge is 2.45. The van der Waals surface area contributed by atoms with Crippen LogP contribution in [0.4, 0.5) is 8.78 Å². The van der Waals surface area contributed by atoms with Crippen molar-refractivity contribution in [1.29, 1.82) is 0 Å². The van der Waals surface area contributed by atoms with Crippen molar-refractivity contribution in [1.82, 2.24) is 4.90 Å². The minimum Gasteiger partial charge on any atom is -0.324 e. The lowest BCUT2D eigenvalue weighted by Crippen LogP contribution is -2.39. The fourth-order valence-electron chi connectivity index (χ4n) is 1.71. The van der Waals surface area contributed by atoms with Crippen LogP contribution in [0.2, 0.25) is 0 Å². The summed E-state index contributed by atoms with van der Waals surface area (Å²) < 4.78 is 25.4. The fraction of sp³-hybridized carbons (Fsp3) is 1.00. The van der Waals surface area contributed by atoms with Crippen molar-refractivity contribution in [3.05, 3.63) is 0 Å². The van der Waals surface area contributed by atoms with Crippen molar-refractivity contribution >= 4 is 0 Å². The van der Waals surface area contributed by atoms with E-state index < -0.39 is 5.92 Å². The number of nitrogens with zero attached hydrogens (tertiary/aromatic N) is 1. The van der Waals surface area contributed by atoms with Crippen LogP contribution in [0, 0.1) is 0 Å². The number of nitrogens with two attached hydrogens (primary N) is 1. The number of alkyl halides is 2. The first-order valence-electron chi connectivity index (χ1n) is 4.38. The van der Waals surface area contributed by atoms with E-state index in [4.69, 9.17) is 5.73 Å². The normalized spacial score (nSPS) is 32.2. The van der Waals surface area contributed by atoms with Crippen molar-refractivity contribution in [2.24, 2.45) is 5.73 Å². The van der Waals surface area contributed by atoms with Crippen LogP contribution >= 0.6 is 0 Å². The molecule has 0 aromatic rings. The Bertz CT molecular complexity index is 189. The Morgan fingerprint density at radius 3 is 2.33 bits per heavy atom. The van der Waals surface area contributed by atoms with Gasteiger partial charge >= 0.3 is 0 Å². The molecule has 70 valence electrons. The molecule has 0 aromatic carbocycles. The van der Waals surface area contributed by atoms with E-state index in [1.165, 1.54) is 0 Å². The number of hydrogen-bond acceptors (Lipinski definition) is 2. The molecule has 2 aliphatic rings. The second kappa shape index (κ2) is 2.39. The van der Waals surface area contributed by atoms with Crippen molar-refractivity contribution in [3.63, 3.8) is 0 Å². The molecule has 1 saturated carbocycles. The molecule has 2 fully saturated rings. The van der Waals surface area contributed by atoms with E-state index in [0.29, 0.717) is 13.1 Å². The van der Waals surface area contributed by atoms with Crippen LogP contribution < -0.4 is 5.73 Å². The maximum Gasteiger partial charge on any atom is 0.261 e. The SMILES string of the molecule is NC1(CN2CCC(F)(F)C2)CC1. The molecular formula is C8H14F2N2. The van der Waals surface area contributed by atoms with Crippen molar-refractivity contribution in [3.8, 4) is 0 Å². The summed E-state index contributed by atoms with van der Waals surface area (Å²) in [6, 6.07) is 0. The number of rotatable bonds is 2. The highest BCUT2D eigenvalue weighted by Crippen LogP contribution is 2.35. The lowest BCUT2D eigenvalue weighted by atomic mass is 10.3. The highest BCUT2D eigenvalue weighted by atomic mass is 19.3. The summed E-state index contributed by atoms with van der Waals surface area (Å²) in [6.07, 6.45) is 1.99. The summed E-state index contributed by atoms with van der Waals surface area (Å²) in [5.74, 6) is -2.47. The highest BCUT2D eigenvalue weighted by molar-refractivity contribution is 5.02. The Balaban J connectivity index is 1.84. The summed E-state index contributed by atoms with van der Waals surface area (Å²) in [6.45, 7) is 1.07. The fourth-order valence-corrected chi connectivity index (χ4v) is 1.71. The molecule has 0 radical (unpaired) electrons. The maximum atomic E-state index is 12.7. The van der Waals surface area contributed by atoms with E-state index in [9.17, 15) is 8.78 Å². The first-order chi connectivity index (χ1) is 5.49. The third-order valence-electron chi connectivity index (χ3n) is 2.68. The predicted octanol–water partition coefficient (Wildman–Crippen LogP) is 0.819. The molecule has 0 atom stereocenters. The molecule has 0 spiro atoms. The standard InChI is InChI=1S/C8H14F2N2/c9-8(10)3-4-12(6-8)5-7(11)1-2-7/h1-6,11H2. The average Bonchev–Trinajstić information content (AvgIpc) is 2.53. The number of hydrogen-bond donors (Lipinski definition) is 1. The maximum absolute atomic E-state index is 12.7. The van der Waals surface area contributed by atoms with Crippen molar-refractivity contribution in [2.75, 3.05) is 19.6 Å². The van der Waals surface area contributed by atoms with Crippen molar-refractivity contribution in [2.45, 2.75) is 30.7 Å². The minimum absolute atomic E-state index is 0.00306. The molecule has 0 unspecified atom stereocenters. The van der Waals surface area contributed by atoms with Gasteiger partial charge in [-0.05, 0) is 12.8 Å². The summed E-state index contributed by atoms with van der Waals surface area (Å²) in [5, 5.41) is 0. The summed E-state index contributed by atoms with van der Waals surface area (Å²) >= 11 is 0. The van der Waals surface area contributed by atoms with Gasteiger partial charge < -0.3 is 5.73 Å². The number of likely N-dealkylation sites (tertiary alicyclic amines) is 1. The monoisotopic (exact) mass is 176 g/mol. The second-order valence-corrected chi connectivity index (χ2v) is 4.18. The molecule has 1 aliphatic heterocycles. The van der Waals surface area contributed by atoms with Crippen LogP contribution in [0.5, 0.6) is 0 Å². The Morgan fingerprint density at radius 2 is 1.92 bits per heavy atom.